The molecule has 2 aromatic carbocycles. The van der Waals surface area contributed by atoms with Gasteiger partial charge >= 0.3 is 0 Å². The van der Waals surface area contributed by atoms with Crippen molar-refractivity contribution in [1.82, 2.24) is 8.61 Å². The molecule has 0 aliphatic carbocycles. The van der Waals surface area contributed by atoms with Crippen molar-refractivity contribution in [3.05, 3.63) is 65.5 Å². The third-order valence-corrected chi connectivity index (χ3v) is 6.14. The molecule has 5 nitrogen and oxygen atoms in total. The summed E-state index contributed by atoms with van der Waals surface area (Å²) in [6.07, 6.45) is 0.735. The molecule has 0 saturated carbocycles. The highest BCUT2D eigenvalue weighted by atomic mass is 32.2. The van der Waals surface area contributed by atoms with Gasteiger partial charge in [0, 0.05) is 26.2 Å². The fourth-order valence-corrected chi connectivity index (χ4v) is 4.62. The minimum absolute atomic E-state index is 0.175. The fraction of sp³-hybridized carbons (Fsp3) is 0.333. The molecular formula is C18H21FN2O3S. The Labute approximate surface area is 147 Å². The van der Waals surface area contributed by atoms with Gasteiger partial charge in [0.2, 0.25) is 0 Å². The second-order valence-electron chi connectivity index (χ2n) is 6.01. The van der Waals surface area contributed by atoms with Gasteiger partial charge in [-0.05, 0) is 41.8 Å². The van der Waals surface area contributed by atoms with Gasteiger partial charge in [0.1, 0.15) is 11.6 Å². The molecular weight excluding hydrogens is 343 g/mol. The maximum atomic E-state index is 13.4. The monoisotopic (exact) mass is 364 g/mol. The molecule has 0 aromatic heterocycles. The molecule has 1 saturated heterocycles. The van der Waals surface area contributed by atoms with E-state index in [-0.39, 0.29) is 12.4 Å². The Morgan fingerprint density at radius 3 is 2.20 bits per heavy atom. The van der Waals surface area contributed by atoms with Crippen LogP contribution in [0.15, 0.2) is 48.5 Å². The van der Waals surface area contributed by atoms with Crippen molar-refractivity contribution in [3.8, 4) is 5.75 Å². The minimum atomic E-state index is -3.59. The molecule has 1 aliphatic rings. The highest BCUT2D eigenvalue weighted by Crippen LogP contribution is 2.23. The highest BCUT2D eigenvalue weighted by molar-refractivity contribution is 7.86. The average molecular weight is 364 g/mol. The average Bonchev–Trinajstić information content (AvgIpc) is 2.59. The van der Waals surface area contributed by atoms with Crippen molar-refractivity contribution >= 4 is 10.2 Å². The van der Waals surface area contributed by atoms with E-state index in [1.165, 1.54) is 20.7 Å². The summed E-state index contributed by atoms with van der Waals surface area (Å²) in [6.45, 7) is 1.38. The largest absolute Gasteiger partial charge is 0.497 e. The number of halogens is 1. The number of hydrogen-bond donors (Lipinski definition) is 0. The van der Waals surface area contributed by atoms with Crippen molar-refractivity contribution in [1.29, 1.82) is 0 Å². The zero-order chi connectivity index (χ0) is 17.9. The van der Waals surface area contributed by atoms with Gasteiger partial charge in [-0.1, -0.05) is 24.3 Å². The first-order chi connectivity index (χ1) is 12.0. The zero-order valence-electron chi connectivity index (χ0n) is 14.1. The third kappa shape index (κ3) is 4.18. The second kappa shape index (κ2) is 7.51. The van der Waals surface area contributed by atoms with Crippen molar-refractivity contribution in [3.63, 3.8) is 0 Å². The first-order valence-electron chi connectivity index (χ1n) is 8.11. The van der Waals surface area contributed by atoms with Crippen LogP contribution in [0, 0.1) is 5.82 Å². The molecule has 2 aromatic rings. The molecule has 0 bridgehead atoms. The molecule has 1 aliphatic heterocycles. The Hall–Kier alpha value is -1.96. The van der Waals surface area contributed by atoms with Crippen LogP contribution < -0.4 is 4.74 Å². The lowest BCUT2D eigenvalue weighted by molar-refractivity contribution is 0.275. The van der Waals surface area contributed by atoms with E-state index in [1.54, 1.807) is 19.2 Å². The number of nitrogens with zero attached hydrogens (tertiary/aromatic N) is 2. The van der Waals surface area contributed by atoms with E-state index in [4.69, 9.17) is 4.74 Å². The van der Waals surface area contributed by atoms with Gasteiger partial charge in [-0.2, -0.15) is 17.0 Å². The number of methoxy groups -OCH3 is 1. The molecule has 1 heterocycles. The second-order valence-corrected chi connectivity index (χ2v) is 7.94. The Morgan fingerprint density at radius 1 is 1.00 bits per heavy atom. The molecule has 0 N–H and O–H groups in total. The topological polar surface area (TPSA) is 49.9 Å². The van der Waals surface area contributed by atoms with Crippen LogP contribution in [0.5, 0.6) is 5.75 Å². The molecule has 7 heteroatoms. The lowest BCUT2D eigenvalue weighted by atomic mass is 10.2. The smallest absolute Gasteiger partial charge is 0.282 e. The molecule has 0 atom stereocenters. The minimum Gasteiger partial charge on any atom is -0.497 e. The van der Waals surface area contributed by atoms with Crippen molar-refractivity contribution in [2.45, 2.75) is 19.5 Å². The van der Waals surface area contributed by atoms with Crippen molar-refractivity contribution < 1.29 is 17.5 Å². The lowest BCUT2D eigenvalue weighted by Gasteiger charge is -2.34. The van der Waals surface area contributed by atoms with Crippen molar-refractivity contribution in [2.75, 3.05) is 20.2 Å². The van der Waals surface area contributed by atoms with E-state index in [2.05, 4.69) is 0 Å². The maximum Gasteiger partial charge on any atom is 0.282 e. The Morgan fingerprint density at radius 2 is 1.60 bits per heavy atom. The van der Waals surface area contributed by atoms with Crippen LogP contribution in [0.2, 0.25) is 0 Å². The highest BCUT2D eigenvalue weighted by Gasteiger charge is 2.33. The van der Waals surface area contributed by atoms with Crippen molar-refractivity contribution in [2.24, 2.45) is 0 Å². The summed E-state index contributed by atoms with van der Waals surface area (Å²) in [6, 6.07) is 13.4. The number of hydrogen-bond acceptors (Lipinski definition) is 3. The number of benzene rings is 2. The van der Waals surface area contributed by atoms with E-state index in [0.717, 1.165) is 12.0 Å². The van der Waals surface area contributed by atoms with E-state index < -0.39 is 10.2 Å². The summed E-state index contributed by atoms with van der Waals surface area (Å²) >= 11 is 0. The Balaban J connectivity index is 1.77. The van der Waals surface area contributed by atoms with Gasteiger partial charge in [-0.15, -0.1) is 0 Å². The zero-order valence-corrected chi connectivity index (χ0v) is 14.9. The molecule has 3 rings (SSSR count). The third-order valence-electron chi connectivity index (χ3n) is 4.21. The Kier molecular flexibility index (Phi) is 5.36. The predicted octanol–water partition coefficient (Wildman–Crippen LogP) is 2.79. The predicted molar refractivity (Wildman–Crippen MR) is 93.8 cm³/mol. The number of ether oxygens (including phenoxy) is 1. The molecule has 0 unspecified atom stereocenters. The van der Waals surface area contributed by atoms with Gasteiger partial charge in [-0.25, -0.2) is 4.39 Å². The molecule has 0 amide bonds. The number of rotatable bonds is 5. The van der Waals surface area contributed by atoms with Gasteiger partial charge in [0.25, 0.3) is 10.2 Å². The summed E-state index contributed by atoms with van der Waals surface area (Å²) in [7, 11) is -2.01. The van der Waals surface area contributed by atoms with Crippen LogP contribution in [-0.4, -0.2) is 37.2 Å². The summed E-state index contributed by atoms with van der Waals surface area (Å²) in [5, 5.41) is 0. The lowest BCUT2D eigenvalue weighted by Crippen LogP contribution is -2.48. The summed E-state index contributed by atoms with van der Waals surface area (Å²) in [4.78, 5) is 0. The van der Waals surface area contributed by atoms with Gasteiger partial charge in [0.05, 0.1) is 7.11 Å². The molecule has 25 heavy (non-hydrogen) atoms. The van der Waals surface area contributed by atoms with Gasteiger partial charge in [-0.3, -0.25) is 0 Å². The first kappa shape index (κ1) is 17.8. The molecule has 0 radical (unpaired) electrons. The first-order valence-corrected chi connectivity index (χ1v) is 9.51. The summed E-state index contributed by atoms with van der Waals surface area (Å²) < 4.78 is 47.2. The van der Waals surface area contributed by atoms with Crippen LogP contribution in [0.4, 0.5) is 4.39 Å². The standard InChI is InChI=1S/C18H21FN2O3S/c1-24-18-8-3-6-16(12-18)14-21-10-4-9-20(25(21,22)23)13-15-5-2-7-17(19)11-15/h2-3,5-8,11-12H,4,9-10,13-14H2,1H3. The van der Waals surface area contributed by atoms with Crippen LogP contribution in [0.25, 0.3) is 0 Å². The van der Waals surface area contributed by atoms with Gasteiger partial charge in [0.15, 0.2) is 0 Å². The molecule has 0 spiro atoms. The summed E-state index contributed by atoms with van der Waals surface area (Å²) in [5.74, 6) is 0.337. The SMILES string of the molecule is COc1cccc(CN2CCCN(Cc3cccc(F)c3)S2(=O)=O)c1. The van der Waals surface area contributed by atoms with Crippen LogP contribution in [0.3, 0.4) is 0 Å². The van der Waals surface area contributed by atoms with E-state index in [0.29, 0.717) is 30.9 Å². The quantitative estimate of drug-likeness (QED) is 0.820. The van der Waals surface area contributed by atoms with E-state index >= 15 is 0 Å². The Bertz CT molecular complexity index is 842. The van der Waals surface area contributed by atoms with E-state index in [1.807, 2.05) is 24.3 Å². The maximum absolute atomic E-state index is 13.4. The van der Waals surface area contributed by atoms with E-state index in [9.17, 15) is 12.8 Å². The molecule has 1 fully saturated rings. The fourth-order valence-electron chi connectivity index (χ4n) is 2.95. The normalized spacial score (nSPS) is 18.2. The molecule has 134 valence electrons. The van der Waals surface area contributed by atoms with Crippen LogP contribution in [-0.2, 0) is 23.3 Å². The van der Waals surface area contributed by atoms with Gasteiger partial charge < -0.3 is 4.74 Å². The van der Waals surface area contributed by atoms with Crippen LogP contribution >= 0.6 is 0 Å². The van der Waals surface area contributed by atoms with Crippen LogP contribution in [0.1, 0.15) is 17.5 Å². The summed E-state index contributed by atoms with van der Waals surface area (Å²) in [5.41, 5.74) is 1.52.